The number of rotatable bonds is 5. The number of ether oxygens (including phenoxy) is 1. The van der Waals surface area contributed by atoms with Crippen molar-refractivity contribution in [2.24, 2.45) is 0 Å². The molecular weight excluding hydrogens is 306 g/mol. The van der Waals surface area contributed by atoms with Crippen LogP contribution in [0.5, 0.6) is 5.88 Å². The largest absolute Gasteiger partial charge is 0.478 e. The molecule has 0 saturated carbocycles. The molecule has 0 amide bonds. The summed E-state index contributed by atoms with van der Waals surface area (Å²) in [4.78, 5) is 13.4. The average molecular weight is 331 g/mol. The summed E-state index contributed by atoms with van der Waals surface area (Å²) in [6, 6.07) is 2.30. The summed E-state index contributed by atoms with van der Waals surface area (Å²) in [7, 11) is 0. The lowest BCUT2D eigenvalue weighted by atomic mass is 10.1. The Bertz CT molecular complexity index is 687. The standard InChI is InChI=1S/C17H25N5O2/c1-5-15-19-17(20-24-15)22-8-7-21(11-13(22)4)14-10-18-16(23-6-2)9-12(14)3/h9-10,13H,5-8,11H2,1-4H3/t13-/m0/s1. The minimum absolute atomic E-state index is 0.298. The van der Waals surface area contributed by atoms with Gasteiger partial charge in [0.2, 0.25) is 11.8 Å². The highest BCUT2D eigenvalue weighted by molar-refractivity contribution is 5.54. The second kappa shape index (κ2) is 7.07. The highest BCUT2D eigenvalue weighted by atomic mass is 16.5. The first-order valence-electron chi connectivity index (χ1n) is 8.56. The second-order valence-electron chi connectivity index (χ2n) is 6.07. The highest BCUT2D eigenvalue weighted by Gasteiger charge is 2.28. The smallest absolute Gasteiger partial charge is 0.266 e. The second-order valence-corrected chi connectivity index (χ2v) is 6.07. The summed E-state index contributed by atoms with van der Waals surface area (Å²) >= 11 is 0. The maximum Gasteiger partial charge on any atom is 0.266 e. The van der Waals surface area contributed by atoms with Crippen molar-refractivity contribution in [2.45, 2.75) is 40.2 Å². The highest BCUT2D eigenvalue weighted by Crippen LogP contribution is 2.26. The lowest BCUT2D eigenvalue weighted by Crippen LogP contribution is -2.52. The monoisotopic (exact) mass is 331 g/mol. The van der Waals surface area contributed by atoms with Crippen LogP contribution in [-0.2, 0) is 6.42 Å². The van der Waals surface area contributed by atoms with Gasteiger partial charge in [-0.3, -0.25) is 0 Å². The average Bonchev–Trinajstić information content (AvgIpc) is 3.04. The van der Waals surface area contributed by atoms with Gasteiger partial charge < -0.3 is 19.1 Å². The normalized spacial score (nSPS) is 18.1. The van der Waals surface area contributed by atoms with Crippen LogP contribution in [0.4, 0.5) is 11.6 Å². The zero-order chi connectivity index (χ0) is 17.1. The van der Waals surface area contributed by atoms with Crippen molar-refractivity contribution in [3.05, 3.63) is 23.7 Å². The third-order valence-electron chi connectivity index (χ3n) is 4.34. The van der Waals surface area contributed by atoms with Gasteiger partial charge in [0.15, 0.2) is 0 Å². The molecule has 1 atom stereocenters. The molecule has 1 aliphatic heterocycles. The van der Waals surface area contributed by atoms with E-state index in [0.717, 1.165) is 31.7 Å². The Morgan fingerprint density at radius 1 is 1.33 bits per heavy atom. The molecule has 3 rings (SSSR count). The van der Waals surface area contributed by atoms with E-state index in [4.69, 9.17) is 9.26 Å². The first-order chi connectivity index (χ1) is 11.6. The van der Waals surface area contributed by atoms with Crippen molar-refractivity contribution in [1.29, 1.82) is 0 Å². The van der Waals surface area contributed by atoms with Gasteiger partial charge in [-0.1, -0.05) is 6.92 Å². The van der Waals surface area contributed by atoms with Crippen LogP contribution in [0.2, 0.25) is 0 Å². The number of anilines is 2. The maximum absolute atomic E-state index is 5.47. The Morgan fingerprint density at radius 2 is 2.17 bits per heavy atom. The van der Waals surface area contributed by atoms with Gasteiger partial charge in [0, 0.05) is 38.2 Å². The maximum atomic E-state index is 5.47. The molecule has 0 bridgehead atoms. The Balaban J connectivity index is 1.71. The summed E-state index contributed by atoms with van der Waals surface area (Å²) < 4.78 is 10.7. The minimum Gasteiger partial charge on any atom is -0.478 e. The molecule has 0 N–H and O–H groups in total. The first-order valence-corrected chi connectivity index (χ1v) is 8.56. The van der Waals surface area contributed by atoms with Gasteiger partial charge in [-0.25, -0.2) is 4.98 Å². The lowest BCUT2D eigenvalue weighted by molar-refractivity contribution is 0.326. The van der Waals surface area contributed by atoms with Crippen LogP contribution in [-0.4, -0.2) is 47.4 Å². The van der Waals surface area contributed by atoms with E-state index in [2.05, 4.69) is 38.8 Å². The van der Waals surface area contributed by atoms with Crippen molar-refractivity contribution in [3.63, 3.8) is 0 Å². The number of aryl methyl sites for hydroxylation is 2. The summed E-state index contributed by atoms with van der Waals surface area (Å²) in [6.07, 6.45) is 2.67. The topological polar surface area (TPSA) is 67.5 Å². The van der Waals surface area contributed by atoms with Crippen LogP contribution >= 0.6 is 0 Å². The molecule has 0 aromatic carbocycles. The van der Waals surface area contributed by atoms with Gasteiger partial charge in [0.1, 0.15) is 0 Å². The van der Waals surface area contributed by atoms with Crippen molar-refractivity contribution in [2.75, 3.05) is 36.0 Å². The van der Waals surface area contributed by atoms with Gasteiger partial charge in [0.25, 0.3) is 5.95 Å². The summed E-state index contributed by atoms with van der Waals surface area (Å²) in [5, 5.41) is 4.10. The Morgan fingerprint density at radius 3 is 2.79 bits per heavy atom. The molecule has 0 spiro atoms. The summed E-state index contributed by atoms with van der Waals surface area (Å²) in [6.45, 7) is 11.6. The van der Waals surface area contributed by atoms with E-state index in [1.54, 1.807) is 0 Å². The van der Waals surface area contributed by atoms with E-state index in [1.807, 2.05) is 26.1 Å². The Kier molecular flexibility index (Phi) is 4.87. The molecule has 3 heterocycles. The molecule has 2 aromatic rings. The van der Waals surface area contributed by atoms with Crippen LogP contribution in [0.1, 0.15) is 32.2 Å². The van der Waals surface area contributed by atoms with E-state index in [0.29, 0.717) is 30.4 Å². The third-order valence-corrected chi connectivity index (χ3v) is 4.34. The fourth-order valence-electron chi connectivity index (χ4n) is 3.06. The molecule has 2 aromatic heterocycles. The number of hydrogen-bond acceptors (Lipinski definition) is 7. The van der Waals surface area contributed by atoms with Gasteiger partial charge in [0.05, 0.1) is 18.5 Å². The molecule has 0 unspecified atom stereocenters. The van der Waals surface area contributed by atoms with E-state index >= 15 is 0 Å². The van der Waals surface area contributed by atoms with Crippen LogP contribution in [0.25, 0.3) is 0 Å². The molecule has 0 radical (unpaired) electrons. The molecular formula is C17H25N5O2. The van der Waals surface area contributed by atoms with Crippen molar-refractivity contribution >= 4 is 11.6 Å². The zero-order valence-electron chi connectivity index (χ0n) is 14.8. The van der Waals surface area contributed by atoms with Crippen molar-refractivity contribution in [1.82, 2.24) is 15.1 Å². The van der Waals surface area contributed by atoms with Crippen LogP contribution in [0.15, 0.2) is 16.8 Å². The molecule has 0 aliphatic carbocycles. The Labute approximate surface area is 142 Å². The molecule has 1 fully saturated rings. The summed E-state index contributed by atoms with van der Waals surface area (Å²) in [5.41, 5.74) is 2.34. The third kappa shape index (κ3) is 3.29. The zero-order valence-corrected chi connectivity index (χ0v) is 14.8. The molecule has 7 heteroatoms. The minimum atomic E-state index is 0.298. The van der Waals surface area contributed by atoms with E-state index in [9.17, 15) is 0 Å². The lowest BCUT2D eigenvalue weighted by Gasteiger charge is -2.40. The number of hydrogen-bond donors (Lipinski definition) is 0. The predicted molar refractivity (Wildman–Crippen MR) is 92.8 cm³/mol. The van der Waals surface area contributed by atoms with Crippen LogP contribution < -0.4 is 14.5 Å². The number of nitrogens with zero attached hydrogens (tertiary/aromatic N) is 5. The Hall–Kier alpha value is -2.31. The van der Waals surface area contributed by atoms with E-state index in [1.165, 1.54) is 5.56 Å². The van der Waals surface area contributed by atoms with Gasteiger partial charge in [-0.2, -0.15) is 4.98 Å². The fourth-order valence-corrected chi connectivity index (χ4v) is 3.06. The quantitative estimate of drug-likeness (QED) is 0.833. The van der Waals surface area contributed by atoms with Gasteiger partial charge in [-0.15, -0.1) is 0 Å². The number of aromatic nitrogens is 3. The van der Waals surface area contributed by atoms with Crippen molar-refractivity contribution in [3.8, 4) is 5.88 Å². The summed E-state index contributed by atoms with van der Waals surface area (Å²) in [5.74, 6) is 2.07. The van der Waals surface area contributed by atoms with Crippen molar-refractivity contribution < 1.29 is 9.26 Å². The van der Waals surface area contributed by atoms with Gasteiger partial charge >= 0.3 is 0 Å². The predicted octanol–water partition coefficient (Wildman–Crippen LogP) is 2.45. The number of piperazine rings is 1. The van der Waals surface area contributed by atoms with Gasteiger partial charge in [-0.05, 0) is 31.5 Å². The first kappa shape index (κ1) is 16.5. The molecule has 1 aliphatic rings. The van der Waals surface area contributed by atoms with Crippen LogP contribution in [0.3, 0.4) is 0 Å². The molecule has 7 nitrogen and oxygen atoms in total. The van der Waals surface area contributed by atoms with E-state index < -0.39 is 0 Å². The van der Waals surface area contributed by atoms with Crippen LogP contribution in [0, 0.1) is 6.92 Å². The molecule has 24 heavy (non-hydrogen) atoms. The van der Waals surface area contributed by atoms with E-state index in [-0.39, 0.29) is 0 Å². The fraction of sp³-hybridized carbons (Fsp3) is 0.588. The SMILES string of the molecule is CCOc1cc(C)c(N2CCN(c3noc(CC)n3)[C@@H](C)C2)cn1. The molecule has 1 saturated heterocycles. The molecule has 130 valence electrons. The number of pyridine rings is 1.